The van der Waals surface area contributed by atoms with E-state index in [1.165, 1.54) is 5.56 Å². The van der Waals surface area contributed by atoms with E-state index in [4.69, 9.17) is 21.6 Å². The predicted molar refractivity (Wildman–Crippen MR) is 124 cm³/mol. The van der Waals surface area contributed by atoms with Gasteiger partial charge in [0.05, 0.1) is 17.4 Å². The maximum Gasteiger partial charge on any atom is 0.165 e. The van der Waals surface area contributed by atoms with E-state index in [0.717, 1.165) is 22.8 Å². The molecule has 152 valence electrons. The molecule has 0 spiro atoms. The molecule has 2 heterocycles. The summed E-state index contributed by atoms with van der Waals surface area (Å²) in [6.45, 7) is 5.29. The van der Waals surface area contributed by atoms with Crippen molar-refractivity contribution < 1.29 is 0 Å². The largest absolute Gasteiger partial charge is 0.366 e. The van der Waals surface area contributed by atoms with Gasteiger partial charge in [-0.3, -0.25) is 4.99 Å². The molecule has 6 nitrogen and oxygen atoms in total. The summed E-state index contributed by atoms with van der Waals surface area (Å²) < 4.78 is 0. The number of anilines is 2. The molecule has 7 heteroatoms. The minimum absolute atomic E-state index is 0.556. The fraction of sp³-hybridized carbons (Fsp3) is 0.174. The number of hydrogen-bond donors (Lipinski definition) is 3. The molecule has 30 heavy (non-hydrogen) atoms. The zero-order valence-electron chi connectivity index (χ0n) is 16.9. The molecule has 0 bridgehead atoms. The second-order valence-electron chi connectivity index (χ2n) is 7.09. The Hall–Kier alpha value is -3.38. The Morgan fingerprint density at radius 1 is 0.967 bits per heavy atom. The summed E-state index contributed by atoms with van der Waals surface area (Å²) in [5, 5.41) is 10.7. The number of aromatic nitrogens is 2. The topological polar surface area (TPSA) is 74.2 Å². The molecule has 3 aromatic rings. The van der Waals surface area contributed by atoms with E-state index in [1.807, 2.05) is 62.4 Å². The van der Waals surface area contributed by atoms with Crippen LogP contribution in [-0.4, -0.2) is 22.3 Å². The Morgan fingerprint density at radius 3 is 2.50 bits per heavy atom. The lowest BCUT2D eigenvalue weighted by atomic mass is 10.2. The lowest BCUT2D eigenvalue weighted by Crippen LogP contribution is -2.30. The monoisotopic (exact) mass is 418 g/mol. The fourth-order valence-corrected chi connectivity index (χ4v) is 3.28. The van der Waals surface area contributed by atoms with E-state index in [9.17, 15) is 0 Å². The first-order valence-electron chi connectivity index (χ1n) is 9.75. The first-order chi connectivity index (χ1) is 14.6. The lowest BCUT2D eigenvalue weighted by Gasteiger charge is -2.20. The van der Waals surface area contributed by atoms with Crippen LogP contribution in [0.2, 0.25) is 5.02 Å². The van der Waals surface area contributed by atoms with Crippen LogP contribution < -0.4 is 16.0 Å². The molecule has 0 saturated heterocycles. The van der Waals surface area contributed by atoms with Gasteiger partial charge in [0, 0.05) is 18.2 Å². The average Bonchev–Trinajstić information content (AvgIpc) is 2.76. The molecule has 0 aliphatic carbocycles. The van der Waals surface area contributed by atoms with Crippen LogP contribution in [0.1, 0.15) is 19.4 Å². The Kier molecular flexibility index (Phi) is 5.95. The van der Waals surface area contributed by atoms with Crippen LogP contribution in [0, 0.1) is 0 Å². The Morgan fingerprint density at radius 2 is 1.70 bits per heavy atom. The Labute approximate surface area is 181 Å². The standard InChI is InChI=1S/C23H23ClN6/c1-15-13-25-16(2)27-22(15)29-21-12-20(26-14-17-8-4-3-5-9-17)28-23(30-21)18-10-6-7-11-19(18)24/h3-12H,13-14H2,1-2H3,(H,25,27)(H2,26,28,29,30). The van der Waals surface area contributed by atoms with Gasteiger partial charge >= 0.3 is 0 Å². The first kappa shape index (κ1) is 19.9. The summed E-state index contributed by atoms with van der Waals surface area (Å²) in [5.74, 6) is 3.70. The number of aliphatic imine (C=N–C) groups is 1. The highest BCUT2D eigenvalue weighted by molar-refractivity contribution is 6.33. The molecule has 2 aromatic carbocycles. The Balaban J connectivity index is 1.66. The van der Waals surface area contributed by atoms with Crippen LogP contribution >= 0.6 is 11.6 Å². The molecule has 1 aromatic heterocycles. The number of benzene rings is 2. The van der Waals surface area contributed by atoms with E-state index in [2.05, 4.69) is 33.1 Å². The highest BCUT2D eigenvalue weighted by atomic mass is 35.5. The molecular weight excluding hydrogens is 396 g/mol. The second kappa shape index (κ2) is 8.97. The van der Waals surface area contributed by atoms with Crippen molar-refractivity contribution in [2.24, 2.45) is 4.99 Å². The van der Waals surface area contributed by atoms with Gasteiger partial charge in [-0.1, -0.05) is 54.1 Å². The highest BCUT2D eigenvalue weighted by Crippen LogP contribution is 2.27. The van der Waals surface area contributed by atoms with Crippen molar-refractivity contribution in [3.05, 3.63) is 82.6 Å². The average molecular weight is 419 g/mol. The van der Waals surface area contributed by atoms with Crippen LogP contribution in [0.15, 0.2) is 77.1 Å². The number of rotatable bonds is 6. The van der Waals surface area contributed by atoms with E-state index in [-0.39, 0.29) is 0 Å². The van der Waals surface area contributed by atoms with Crippen LogP contribution in [0.4, 0.5) is 11.6 Å². The van der Waals surface area contributed by atoms with Crippen molar-refractivity contribution in [2.45, 2.75) is 20.4 Å². The van der Waals surface area contributed by atoms with Crippen LogP contribution in [0.25, 0.3) is 11.4 Å². The third-order valence-electron chi connectivity index (χ3n) is 4.70. The molecule has 0 unspecified atom stereocenters. The Bertz CT molecular complexity index is 1110. The summed E-state index contributed by atoms with van der Waals surface area (Å²) in [6.07, 6.45) is 0. The summed E-state index contributed by atoms with van der Waals surface area (Å²) in [7, 11) is 0. The minimum atomic E-state index is 0.556. The number of nitrogens with zero attached hydrogens (tertiary/aromatic N) is 3. The zero-order valence-corrected chi connectivity index (χ0v) is 17.7. The van der Waals surface area contributed by atoms with Crippen LogP contribution in [0.5, 0.6) is 0 Å². The molecule has 1 aliphatic rings. The summed E-state index contributed by atoms with van der Waals surface area (Å²) >= 11 is 6.41. The summed E-state index contributed by atoms with van der Waals surface area (Å²) in [5.41, 5.74) is 3.06. The molecular formula is C23H23ClN6. The summed E-state index contributed by atoms with van der Waals surface area (Å²) in [6, 6.07) is 19.7. The van der Waals surface area contributed by atoms with Gasteiger partial charge < -0.3 is 16.0 Å². The van der Waals surface area contributed by atoms with E-state index in [0.29, 0.717) is 35.6 Å². The molecule has 0 fully saturated rings. The van der Waals surface area contributed by atoms with Crippen molar-refractivity contribution >= 4 is 29.1 Å². The molecule has 0 atom stereocenters. The smallest absolute Gasteiger partial charge is 0.165 e. The number of halogens is 1. The van der Waals surface area contributed by atoms with Crippen molar-refractivity contribution in [1.29, 1.82) is 0 Å². The van der Waals surface area contributed by atoms with Gasteiger partial charge in [-0.2, -0.15) is 0 Å². The maximum absolute atomic E-state index is 6.41. The van der Waals surface area contributed by atoms with Gasteiger partial charge in [0.2, 0.25) is 0 Å². The van der Waals surface area contributed by atoms with E-state index in [1.54, 1.807) is 0 Å². The number of nitrogens with one attached hydrogen (secondary N) is 3. The van der Waals surface area contributed by atoms with Gasteiger partial charge in [-0.05, 0) is 37.1 Å². The van der Waals surface area contributed by atoms with Gasteiger partial charge in [0.25, 0.3) is 0 Å². The molecule has 0 radical (unpaired) electrons. The maximum atomic E-state index is 6.41. The van der Waals surface area contributed by atoms with Gasteiger partial charge in [-0.25, -0.2) is 9.97 Å². The predicted octanol–water partition coefficient (Wildman–Crippen LogP) is 5.07. The van der Waals surface area contributed by atoms with Crippen molar-refractivity contribution in [3.8, 4) is 11.4 Å². The SMILES string of the molecule is CC1=NCC(C)=C(Nc2cc(NCc3ccccc3)nc(-c3ccccc3Cl)n2)N1. The molecule has 4 rings (SSSR count). The third-order valence-corrected chi connectivity index (χ3v) is 5.03. The van der Waals surface area contributed by atoms with E-state index >= 15 is 0 Å². The molecule has 0 saturated carbocycles. The van der Waals surface area contributed by atoms with Gasteiger partial charge in [0.1, 0.15) is 17.5 Å². The first-order valence-corrected chi connectivity index (χ1v) is 10.1. The highest BCUT2D eigenvalue weighted by Gasteiger charge is 2.14. The fourth-order valence-electron chi connectivity index (χ4n) is 3.06. The van der Waals surface area contributed by atoms with E-state index < -0.39 is 0 Å². The molecule has 3 N–H and O–H groups in total. The minimum Gasteiger partial charge on any atom is -0.366 e. The van der Waals surface area contributed by atoms with Gasteiger partial charge in [0.15, 0.2) is 5.82 Å². The third kappa shape index (κ3) is 4.78. The second-order valence-corrected chi connectivity index (χ2v) is 7.50. The van der Waals surface area contributed by atoms with Crippen molar-refractivity contribution in [1.82, 2.24) is 15.3 Å². The normalized spacial score (nSPS) is 13.5. The van der Waals surface area contributed by atoms with Crippen LogP contribution in [-0.2, 0) is 6.54 Å². The van der Waals surface area contributed by atoms with Gasteiger partial charge in [-0.15, -0.1) is 0 Å². The number of hydrogen-bond acceptors (Lipinski definition) is 6. The van der Waals surface area contributed by atoms with Crippen molar-refractivity contribution in [3.63, 3.8) is 0 Å². The quantitative estimate of drug-likeness (QED) is 0.521. The summed E-state index contributed by atoms with van der Waals surface area (Å²) in [4.78, 5) is 13.8. The lowest BCUT2D eigenvalue weighted by molar-refractivity contribution is 0.945. The van der Waals surface area contributed by atoms with Crippen LogP contribution in [0.3, 0.4) is 0 Å². The zero-order chi connectivity index (χ0) is 20.9. The molecule has 1 aliphatic heterocycles. The van der Waals surface area contributed by atoms with Crippen molar-refractivity contribution in [2.75, 3.05) is 17.2 Å². The molecule has 0 amide bonds. The number of amidine groups is 1.